The van der Waals surface area contributed by atoms with Gasteiger partial charge in [0.2, 0.25) is 5.91 Å². The normalized spacial score (nSPS) is 22.9. The predicted octanol–water partition coefficient (Wildman–Crippen LogP) is 4.79. The number of aryl methyl sites for hydroxylation is 1. The van der Waals surface area contributed by atoms with Crippen LogP contribution in [0.25, 0.3) is 22.1 Å². The van der Waals surface area contributed by atoms with E-state index < -0.39 is 5.54 Å². The number of benzene rings is 2. The number of fused-ring (bicyclic) bond motifs is 1. The second-order valence-electron chi connectivity index (χ2n) is 10.8. The van der Waals surface area contributed by atoms with Gasteiger partial charge in [-0.1, -0.05) is 18.2 Å². The molecular weight excluding hydrogens is 438 g/mol. The predicted molar refractivity (Wildman–Crippen MR) is 134 cm³/mol. The maximum Gasteiger partial charge on any atom is 0.256 e. The van der Waals surface area contributed by atoms with Crippen LogP contribution in [0.5, 0.6) is 0 Å². The number of rotatable bonds is 5. The Morgan fingerprint density at radius 2 is 1.91 bits per heavy atom. The third kappa shape index (κ3) is 3.49. The number of furan rings is 1. The van der Waals surface area contributed by atoms with Crippen LogP contribution in [0, 0.1) is 18.8 Å². The Balaban J connectivity index is 1.15. The van der Waals surface area contributed by atoms with E-state index in [2.05, 4.69) is 37.3 Å². The molecule has 7 rings (SSSR count). The molecule has 4 aliphatic rings. The second-order valence-corrected chi connectivity index (χ2v) is 10.8. The number of carbonyl (C=O) groups excluding carboxylic acids is 2. The molecule has 2 aliphatic heterocycles. The van der Waals surface area contributed by atoms with E-state index in [4.69, 9.17) is 9.41 Å². The smallest absolute Gasteiger partial charge is 0.256 e. The van der Waals surface area contributed by atoms with Gasteiger partial charge in [0.1, 0.15) is 17.0 Å². The fourth-order valence-electron chi connectivity index (χ4n) is 5.78. The van der Waals surface area contributed by atoms with Crippen molar-refractivity contribution in [2.45, 2.75) is 44.6 Å². The molecule has 1 aromatic heterocycles. The van der Waals surface area contributed by atoms with Crippen LogP contribution in [0.3, 0.4) is 0 Å². The summed E-state index contributed by atoms with van der Waals surface area (Å²) in [4.78, 5) is 34.8. The largest absolute Gasteiger partial charge is 0.464 e. The lowest BCUT2D eigenvalue weighted by Crippen LogP contribution is -2.41. The van der Waals surface area contributed by atoms with Crippen molar-refractivity contribution >= 4 is 28.6 Å². The maximum atomic E-state index is 13.4. The van der Waals surface area contributed by atoms with Crippen LogP contribution in [0.2, 0.25) is 0 Å². The lowest BCUT2D eigenvalue weighted by Gasteiger charge is -2.24. The van der Waals surface area contributed by atoms with Gasteiger partial charge in [-0.05, 0) is 85.9 Å². The van der Waals surface area contributed by atoms with E-state index in [0.29, 0.717) is 18.4 Å². The topological polar surface area (TPSA) is 66.1 Å². The number of hydrogen-bond acceptors (Lipinski definition) is 4. The number of hydrogen-bond donors (Lipinski definition) is 0. The zero-order chi connectivity index (χ0) is 23.7. The van der Waals surface area contributed by atoms with Crippen molar-refractivity contribution in [2.24, 2.45) is 16.8 Å². The molecule has 0 radical (unpaired) electrons. The molecule has 6 heteroatoms. The Morgan fingerprint density at radius 1 is 1.09 bits per heavy atom. The van der Waals surface area contributed by atoms with Crippen LogP contribution in [-0.2, 0) is 9.59 Å². The van der Waals surface area contributed by atoms with Gasteiger partial charge in [0, 0.05) is 36.5 Å². The maximum absolute atomic E-state index is 13.4. The van der Waals surface area contributed by atoms with Gasteiger partial charge in [-0.2, -0.15) is 0 Å². The Hall–Kier alpha value is -3.41. The van der Waals surface area contributed by atoms with Crippen molar-refractivity contribution in [3.8, 4) is 11.1 Å². The van der Waals surface area contributed by atoms with Gasteiger partial charge < -0.3 is 9.32 Å². The minimum absolute atomic E-state index is 0.145. The van der Waals surface area contributed by atoms with Crippen LogP contribution in [0.1, 0.15) is 43.2 Å². The molecule has 2 amide bonds. The summed E-state index contributed by atoms with van der Waals surface area (Å²) in [5.41, 5.74) is 4.82. The molecule has 0 N–H and O–H groups in total. The summed E-state index contributed by atoms with van der Waals surface area (Å²) < 4.78 is 5.49. The zero-order valence-corrected chi connectivity index (χ0v) is 20.0. The van der Waals surface area contributed by atoms with E-state index in [1.807, 2.05) is 21.9 Å². The first-order valence-corrected chi connectivity index (χ1v) is 12.8. The average Bonchev–Trinajstić information content (AvgIpc) is 3.74. The van der Waals surface area contributed by atoms with E-state index in [1.54, 1.807) is 6.26 Å². The summed E-state index contributed by atoms with van der Waals surface area (Å²) in [6.45, 7) is 4.33. The first-order chi connectivity index (χ1) is 17.0. The highest BCUT2D eigenvalue weighted by Crippen LogP contribution is 2.46. The highest BCUT2D eigenvalue weighted by atomic mass is 16.3. The monoisotopic (exact) mass is 467 g/mol. The molecule has 3 fully saturated rings. The molecule has 2 aliphatic carbocycles. The Kier molecular flexibility index (Phi) is 4.51. The molecule has 35 heavy (non-hydrogen) atoms. The Labute approximate surface area is 204 Å². The van der Waals surface area contributed by atoms with Crippen molar-refractivity contribution < 1.29 is 14.0 Å². The van der Waals surface area contributed by atoms with E-state index >= 15 is 0 Å². The summed E-state index contributed by atoms with van der Waals surface area (Å²) in [6.07, 6.45) is 6.42. The van der Waals surface area contributed by atoms with Crippen molar-refractivity contribution in [1.29, 1.82) is 0 Å². The van der Waals surface area contributed by atoms with Gasteiger partial charge in [0.15, 0.2) is 0 Å². The first-order valence-electron chi connectivity index (χ1n) is 12.8. The van der Waals surface area contributed by atoms with Gasteiger partial charge >= 0.3 is 0 Å². The molecule has 0 unspecified atom stereocenters. The molecular formula is C29H29N3O3. The quantitative estimate of drug-likeness (QED) is 0.542. The van der Waals surface area contributed by atoms with E-state index in [9.17, 15) is 9.59 Å². The highest BCUT2D eigenvalue weighted by molar-refractivity contribution is 6.16. The number of amides is 2. The molecule has 1 atom stereocenters. The lowest BCUT2D eigenvalue weighted by atomic mass is 9.97. The Bertz CT molecular complexity index is 1400. The molecule has 6 nitrogen and oxygen atoms in total. The second kappa shape index (κ2) is 7.54. The van der Waals surface area contributed by atoms with Crippen molar-refractivity contribution in [1.82, 2.24) is 9.80 Å². The average molecular weight is 468 g/mol. The van der Waals surface area contributed by atoms with Crippen molar-refractivity contribution in [3.63, 3.8) is 0 Å². The third-order valence-corrected chi connectivity index (χ3v) is 8.16. The zero-order valence-electron chi connectivity index (χ0n) is 20.0. The molecule has 3 heterocycles. The minimum atomic E-state index is -0.531. The molecule has 3 aromatic rings. The molecule has 1 spiro atoms. The molecule has 0 bridgehead atoms. The summed E-state index contributed by atoms with van der Waals surface area (Å²) in [6, 6.07) is 14.6. The minimum Gasteiger partial charge on any atom is -0.464 e. The van der Waals surface area contributed by atoms with Gasteiger partial charge in [0.25, 0.3) is 5.91 Å². The third-order valence-electron chi connectivity index (χ3n) is 8.16. The number of amidine groups is 1. The fourth-order valence-corrected chi connectivity index (χ4v) is 5.78. The molecule has 178 valence electrons. The van der Waals surface area contributed by atoms with E-state index in [1.165, 1.54) is 5.56 Å². The van der Waals surface area contributed by atoms with E-state index in [0.717, 1.165) is 78.7 Å². The van der Waals surface area contributed by atoms with Gasteiger partial charge in [-0.25, -0.2) is 0 Å². The van der Waals surface area contributed by atoms with Crippen molar-refractivity contribution in [2.75, 3.05) is 19.6 Å². The van der Waals surface area contributed by atoms with Gasteiger partial charge in [0.05, 0.1) is 6.26 Å². The lowest BCUT2D eigenvalue weighted by molar-refractivity contribution is -0.131. The van der Waals surface area contributed by atoms with Crippen LogP contribution >= 0.6 is 0 Å². The van der Waals surface area contributed by atoms with Crippen molar-refractivity contribution in [3.05, 3.63) is 59.9 Å². The highest BCUT2D eigenvalue weighted by Gasteiger charge is 2.57. The Morgan fingerprint density at radius 3 is 2.69 bits per heavy atom. The SMILES string of the molecule is Cc1cc(C2=NC3(CC3)C(=O)N2C[C@@H]2CCN(C(=O)C3CC3)C2)ccc1-c1ccc2occc2c1. The number of nitrogens with zero attached hydrogens (tertiary/aromatic N) is 3. The first kappa shape index (κ1) is 20.9. The molecule has 1 saturated heterocycles. The summed E-state index contributed by atoms with van der Waals surface area (Å²) >= 11 is 0. The number of likely N-dealkylation sites (tertiary alicyclic amines) is 1. The van der Waals surface area contributed by atoms with Gasteiger partial charge in [-0.15, -0.1) is 0 Å². The standard InChI is InChI=1S/C29H29N3O3/c1-18-14-23(4-6-24(18)21-5-7-25-22(15-21)9-13-35-25)26-30-29(10-11-29)28(34)32(26)17-19-8-12-31(16-19)27(33)20-2-3-20/h4-7,9,13-15,19-20H,2-3,8,10-12,16-17H2,1H3/t19-/m1/s1. The fraction of sp³-hybridized carbons (Fsp3) is 0.414. The van der Waals surface area contributed by atoms with Crippen LogP contribution in [0.15, 0.2) is 58.1 Å². The number of aliphatic imine (C=N–C) groups is 1. The number of carbonyl (C=O) groups is 2. The molecule has 2 aromatic carbocycles. The summed E-state index contributed by atoms with van der Waals surface area (Å²) in [7, 11) is 0. The summed E-state index contributed by atoms with van der Waals surface area (Å²) in [5, 5.41) is 1.09. The van der Waals surface area contributed by atoms with Crippen LogP contribution < -0.4 is 0 Å². The molecule has 2 saturated carbocycles. The van der Waals surface area contributed by atoms with Gasteiger partial charge in [-0.3, -0.25) is 19.5 Å². The van der Waals surface area contributed by atoms with Crippen LogP contribution in [-0.4, -0.2) is 52.6 Å². The summed E-state index contributed by atoms with van der Waals surface area (Å²) in [5.74, 6) is 1.83. The van der Waals surface area contributed by atoms with Crippen LogP contribution in [0.4, 0.5) is 0 Å². The van der Waals surface area contributed by atoms with E-state index in [-0.39, 0.29) is 11.8 Å².